The molecule has 6 nitrogen and oxygen atoms in total. The molecule has 2 aromatic carbocycles. The lowest BCUT2D eigenvalue weighted by Crippen LogP contribution is -2.37. The molecule has 2 aromatic rings. The van der Waals surface area contributed by atoms with E-state index in [9.17, 15) is 22.0 Å². The summed E-state index contributed by atoms with van der Waals surface area (Å²) in [5.41, 5.74) is 0.205. The number of carbonyl (C=O) groups is 1. The SMILES string of the molecule is CCN(CC)S(=O)(=O)c1ccc(F)c(C(=O)N(Cc2cccc(F)c2)CC2CCCO2)c1. The number of hydrogen-bond acceptors (Lipinski definition) is 4. The van der Waals surface area contributed by atoms with Crippen molar-refractivity contribution in [1.29, 1.82) is 0 Å². The van der Waals surface area contributed by atoms with Crippen LogP contribution in [-0.2, 0) is 21.3 Å². The molecule has 32 heavy (non-hydrogen) atoms. The van der Waals surface area contributed by atoms with Crippen molar-refractivity contribution in [1.82, 2.24) is 9.21 Å². The first kappa shape index (κ1) is 24.3. The molecule has 0 spiro atoms. The van der Waals surface area contributed by atoms with Crippen LogP contribution in [0.5, 0.6) is 0 Å². The van der Waals surface area contributed by atoms with Gasteiger partial charge in [-0.2, -0.15) is 4.31 Å². The highest BCUT2D eigenvalue weighted by atomic mass is 32.2. The first-order valence-corrected chi connectivity index (χ1v) is 12.1. The summed E-state index contributed by atoms with van der Waals surface area (Å²) in [5.74, 6) is -1.92. The summed E-state index contributed by atoms with van der Waals surface area (Å²) in [5, 5.41) is 0. The predicted octanol–water partition coefficient (Wildman–Crippen LogP) is 3.82. The number of benzene rings is 2. The number of halogens is 2. The van der Waals surface area contributed by atoms with E-state index < -0.39 is 27.6 Å². The van der Waals surface area contributed by atoms with Gasteiger partial charge in [-0.3, -0.25) is 4.79 Å². The highest BCUT2D eigenvalue weighted by Crippen LogP contribution is 2.23. The van der Waals surface area contributed by atoms with E-state index >= 15 is 0 Å². The molecule has 1 aliphatic heterocycles. The fraction of sp³-hybridized carbons (Fsp3) is 0.435. The van der Waals surface area contributed by atoms with Crippen molar-refractivity contribution in [3.05, 3.63) is 65.2 Å². The highest BCUT2D eigenvalue weighted by Gasteiger charge is 2.28. The number of sulfonamides is 1. The average Bonchev–Trinajstić information content (AvgIpc) is 3.27. The zero-order valence-corrected chi connectivity index (χ0v) is 19.1. The Morgan fingerprint density at radius 1 is 1.12 bits per heavy atom. The summed E-state index contributed by atoms with van der Waals surface area (Å²) < 4.78 is 61.0. The number of nitrogens with zero attached hydrogens (tertiary/aromatic N) is 2. The molecule has 3 rings (SSSR count). The minimum Gasteiger partial charge on any atom is -0.376 e. The molecule has 1 atom stereocenters. The zero-order chi connectivity index (χ0) is 23.3. The van der Waals surface area contributed by atoms with Crippen molar-refractivity contribution < 1.29 is 26.7 Å². The van der Waals surface area contributed by atoms with Gasteiger partial charge in [-0.1, -0.05) is 26.0 Å². The Kier molecular flexibility index (Phi) is 7.97. The van der Waals surface area contributed by atoms with Gasteiger partial charge in [0, 0.05) is 32.8 Å². The second-order valence-corrected chi connectivity index (χ2v) is 9.62. The van der Waals surface area contributed by atoms with Crippen LogP contribution < -0.4 is 0 Å². The fourth-order valence-electron chi connectivity index (χ4n) is 3.82. The van der Waals surface area contributed by atoms with Gasteiger partial charge in [0.05, 0.1) is 16.6 Å². The third-order valence-electron chi connectivity index (χ3n) is 5.51. The van der Waals surface area contributed by atoms with E-state index in [0.717, 1.165) is 31.0 Å². The lowest BCUT2D eigenvalue weighted by molar-refractivity contribution is 0.0503. The van der Waals surface area contributed by atoms with Gasteiger partial charge in [0.25, 0.3) is 5.91 Å². The molecule has 0 saturated carbocycles. The van der Waals surface area contributed by atoms with Crippen LogP contribution in [0.1, 0.15) is 42.6 Å². The van der Waals surface area contributed by atoms with Crippen molar-refractivity contribution in [2.45, 2.75) is 44.2 Å². The van der Waals surface area contributed by atoms with Crippen LogP contribution in [0.3, 0.4) is 0 Å². The van der Waals surface area contributed by atoms with Gasteiger partial charge in [-0.15, -0.1) is 0 Å². The Bertz CT molecular complexity index is 1050. The molecule has 0 radical (unpaired) electrons. The maximum absolute atomic E-state index is 14.7. The topological polar surface area (TPSA) is 66.9 Å². The number of hydrogen-bond donors (Lipinski definition) is 0. The monoisotopic (exact) mass is 466 g/mol. The number of carbonyl (C=O) groups excluding carboxylic acids is 1. The largest absolute Gasteiger partial charge is 0.376 e. The lowest BCUT2D eigenvalue weighted by Gasteiger charge is -2.26. The molecule has 1 aliphatic rings. The molecule has 1 saturated heterocycles. The molecule has 1 unspecified atom stereocenters. The molecule has 9 heteroatoms. The van der Waals surface area contributed by atoms with Crippen LogP contribution in [0.25, 0.3) is 0 Å². The van der Waals surface area contributed by atoms with E-state index in [1.54, 1.807) is 19.9 Å². The first-order valence-electron chi connectivity index (χ1n) is 10.7. The van der Waals surface area contributed by atoms with Crippen LogP contribution in [-0.4, -0.2) is 55.9 Å². The minimum atomic E-state index is -3.86. The Morgan fingerprint density at radius 3 is 2.50 bits per heavy atom. The van der Waals surface area contributed by atoms with E-state index in [-0.39, 0.29) is 42.7 Å². The van der Waals surface area contributed by atoms with Gasteiger partial charge < -0.3 is 9.64 Å². The molecule has 0 N–H and O–H groups in total. The minimum absolute atomic E-state index is 0.0446. The van der Waals surface area contributed by atoms with Crippen LogP contribution in [0.4, 0.5) is 8.78 Å². The van der Waals surface area contributed by atoms with E-state index in [1.165, 1.54) is 27.4 Å². The van der Waals surface area contributed by atoms with Crippen molar-refractivity contribution in [3.63, 3.8) is 0 Å². The molecule has 1 heterocycles. The maximum Gasteiger partial charge on any atom is 0.257 e. The molecule has 0 bridgehead atoms. The van der Waals surface area contributed by atoms with E-state index in [2.05, 4.69) is 0 Å². The summed E-state index contributed by atoms with van der Waals surface area (Å²) in [6.45, 7) is 4.75. The molecule has 1 amide bonds. The maximum atomic E-state index is 14.7. The quantitative estimate of drug-likeness (QED) is 0.564. The van der Waals surface area contributed by atoms with Crippen LogP contribution in [0.15, 0.2) is 47.4 Å². The van der Waals surface area contributed by atoms with Gasteiger partial charge in [0.2, 0.25) is 10.0 Å². The lowest BCUT2D eigenvalue weighted by atomic mass is 10.1. The predicted molar refractivity (Wildman–Crippen MR) is 117 cm³/mol. The third-order valence-corrected chi connectivity index (χ3v) is 7.55. The van der Waals surface area contributed by atoms with Crippen LogP contribution in [0.2, 0.25) is 0 Å². The van der Waals surface area contributed by atoms with Crippen molar-refractivity contribution in [2.24, 2.45) is 0 Å². The summed E-state index contributed by atoms with van der Waals surface area (Å²) >= 11 is 0. The Balaban J connectivity index is 1.95. The highest BCUT2D eigenvalue weighted by molar-refractivity contribution is 7.89. The van der Waals surface area contributed by atoms with Gasteiger partial charge in [-0.25, -0.2) is 17.2 Å². The number of amides is 1. The second-order valence-electron chi connectivity index (χ2n) is 7.68. The number of rotatable bonds is 9. The van der Waals surface area contributed by atoms with Crippen molar-refractivity contribution in [2.75, 3.05) is 26.2 Å². The molecule has 1 fully saturated rings. The number of ether oxygens (including phenoxy) is 1. The summed E-state index contributed by atoms with van der Waals surface area (Å²) in [6.07, 6.45) is 1.41. The Labute approximate surface area is 187 Å². The van der Waals surface area contributed by atoms with Crippen LogP contribution in [0, 0.1) is 11.6 Å². The molecular formula is C23H28F2N2O4S. The van der Waals surface area contributed by atoms with E-state index in [1.807, 2.05) is 0 Å². The van der Waals surface area contributed by atoms with E-state index in [4.69, 9.17) is 4.74 Å². The third kappa shape index (κ3) is 5.51. The summed E-state index contributed by atoms with van der Waals surface area (Å²) in [6, 6.07) is 9.07. The van der Waals surface area contributed by atoms with Gasteiger partial charge in [0.15, 0.2) is 0 Å². The Hall–Kier alpha value is -2.36. The summed E-state index contributed by atoms with van der Waals surface area (Å²) in [7, 11) is -3.86. The Morgan fingerprint density at radius 2 is 1.88 bits per heavy atom. The van der Waals surface area contributed by atoms with Crippen molar-refractivity contribution in [3.8, 4) is 0 Å². The summed E-state index contributed by atoms with van der Waals surface area (Å²) in [4.78, 5) is 14.6. The normalized spacial score (nSPS) is 16.5. The van der Waals surface area contributed by atoms with Gasteiger partial charge >= 0.3 is 0 Å². The molecule has 0 aromatic heterocycles. The smallest absolute Gasteiger partial charge is 0.257 e. The fourth-order valence-corrected chi connectivity index (χ4v) is 5.31. The zero-order valence-electron chi connectivity index (χ0n) is 18.3. The second kappa shape index (κ2) is 10.5. The molecule has 0 aliphatic carbocycles. The standard InChI is InChI=1S/C23H28F2N2O4S/c1-3-27(4-2)32(29,30)20-10-11-22(25)21(14-20)23(28)26(16-19-9-6-12-31-19)15-17-7-5-8-18(24)13-17/h5,7-8,10-11,13-14,19H,3-4,6,9,12,15-16H2,1-2H3. The molecular weight excluding hydrogens is 438 g/mol. The van der Waals surface area contributed by atoms with Gasteiger partial charge in [0.1, 0.15) is 11.6 Å². The molecule has 174 valence electrons. The van der Waals surface area contributed by atoms with E-state index in [0.29, 0.717) is 12.2 Å². The van der Waals surface area contributed by atoms with Crippen molar-refractivity contribution >= 4 is 15.9 Å². The van der Waals surface area contributed by atoms with Crippen LogP contribution >= 0.6 is 0 Å². The average molecular weight is 467 g/mol. The first-order chi connectivity index (χ1) is 15.3. The van der Waals surface area contributed by atoms with Gasteiger partial charge in [-0.05, 0) is 48.7 Å².